The van der Waals surface area contributed by atoms with Crippen molar-refractivity contribution in [1.29, 1.82) is 0 Å². The molecule has 2 nitrogen and oxygen atoms in total. The van der Waals surface area contributed by atoms with Crippen LogP contribution < -0.4 is 5.32 Å². The molecule has 1 N–H and O–H groups in total. The van der Waals surface area contributed by atoms with Crippen LogP contribution in [0, 0.1) is 5.82 Å². The van der Waals surface area contributed by atoms with Crippen LogP contribution in [0.1, 0.15) is 16.8 Å². The topological polar surface area (TPSA) is 29.1 Å². The van der Waals surface area contributed by atoms with E-state index < -0.39 is 30.9 Å². The summed E-state index contributed by atoms with van der Waals surface area (Å²) in [4.78, 5) is 11.7. The van der Waals surface area contributed by atoms with E-state index in [4.69, 9.17) is 0 Å². The van der Waals surface area contributed by atoms with Gasteiger partial charge in [-0.05, 0) is 18.2 Å². The molecule has 1 aromatic carbocycles. The van der Waals surface area contributed by atoms with Crippen LogP contribution >= 0.6 is 12.6 Å². The first-order valence-electron chi connectivity index (χ1n) is 4.63. The van der Waals surface area contributed by atoms with Crippen molar-refractivity contribution in [3.63, 3.8) is 0 Å². The molecule has 94 valence electrons. The van der Waals surface area contributed by atoms with E-state index >= 15 is 0 Å². The van der Waals surface area contributed by atoms with Crippen molar-refractivity contribution in [3.05, 3.63) is 29.6 Å². The third-order valence-corrected chi connectivity index (χ3v) is 2.17. The van der Waals surface area contributed by atoms with Gasteiger partial charge in [0.25, 0.3) is 5.91 Å². The lowest BCUT2D eigenvalue weighted by atomic mass is 10.2. The van der Waals surface area contributed by atoms with Gasteiger partial charge in [-0.3, -0.25) is 4.79 Å². The molecule has 1 amide bonds. The number of nitrogens with one attached hydrogen (secondary N) is 1. The number of carbonyl (C=O) groups excluding carboxylic acids is 1. The van der Waals surface area contributed by atoms with Crippen LogP contribution in [0.5, 0.6) is 0 Å². The predicted octanol–water partition coefficient (Wildman–Crippen LogP) is 2.80. The van der Waals surface area contributed by atoms with Crippen molar-refractivity contribution in [2.24, 2.45) is 0 Å². The van der Waals surface area contributed by atoms with Crippen molar-refractivity contribution in [2.75, 3.05) is 6.54 Å². The number of amides is 1. The summed E-state index contributed by atoms with van der Waals surface area (Å²) in [5.41, 5.74) is -0.320. The molecule has 0 aliphatic carbocycles. The van der Waals surface area contributed by atoms with E-state index in [1.165, 1.54) is 6.07 Å². The zero-order chi connectivity index (χ0) is 13.1. The van der Waals surface area contributed by atoms with Crippen molar-refractivity contribution < 1.29 is 22.4 Å². The Hall–Kier alpha value is -1.24. The fraction of sp³-hybridized carbons (Fsp3) is 0.300. The largest absolute Gasteiger partial charge is 0.390 e. The first-order valence-corrected chi connectivity index (χ1v) is 5.08. The number of hydrogen-bond acceptors (Lipinski definition) is 2. The van der Waals surface area contributed by atoms with Gasteiger partial charge in [0.15, 0.2) is 0 Å². The van der Waals surface area contributed by atoms with Gasteiger partial charge in [0.1, 0.15) is 5.82 Å². The smallest absolute Gasteiger partial charge is 0.352 e. The second-order valence-electron chi connectivity index (χ2n) is 3.29. The van der Waals surface area contributed by atoms with Gasteiger partial charge < -0.3 is 5.32 Å². The minimum Gasteiger partial charge on any atom is -0.352 e. The van der Waals surface area contributed by atoms with E-state index in [9.17, 15) is 22.4 Å². The Morgan fingerprint density at radius 2 is 2.00 bits per heavy atom. The Labute approximate surface area is 100 Å². The van der Waals surface area contributed by atoms with Crippen LogP contribution in [0.3, 0.4) is 0 Å². The zero-order valence-electron chi connectivity index (χ0n) is 8.51. The van der Waals surface area contributed by atoms with Gasteiger partial charge in [-0.25, -0.2) is 4.39 Å². The lowest BCUT2D eigenvalue weighted by molar-refractivity contribution is -0.132. The number of benzene rings is 1. The molecule has 0 heterocycles. The fourth-order valence-corrected chi connectivity index (χ4v) is 1.30. The molecule has 0 saturated carbocycles. The summed E-state index contributed by atoms with van der Waals surface area (Å²) in [6, 6.07) is 3.52. The van der Waals surface area contributed by atoms with Crippen LogP contribution in [-0.2, 0) is 0 Å². The molecular formula is C10H9F4NOS. The third-order valence-electron chi connectivity index (χ3n) is 1.89. The highest BCUT2D eigenvalue weighted by Gasteiger charge is 2.26. The predicted molar refractivity (Wildman–Crippen MR) is 56.7 cm³/mol. The summed E-state index contributed by atoms with van der Waals surface area (Å²) in [7, 11) is 0. The molecule has 1 rings (SSSR count). The minimum absolute atomic E-state index is 0.320. The maximum atomic E-state index is 13.2. The van der Waals surface area contributed by atoms with Crippen molar-refractivity contribution in [2.45, 2.75) is 17.5 Å². The second kappa shape index (κ2) is 5.39. The van der Waals surface area contributed by atoms with Gasteiger partial charge in [-0.15, -0.1) is 12.6 Å². The van der Waals surface area contributed by atoms with Gasteiger partial charge in [-0.2, -0.15) is 13.2 Å². The summed E-state index contributed by atoms with van der Waals surface area (Å²) >= 11 is 3.91. The van der Waals surface area contributed by atoms with Crippen LogP contribution in [0.4, 0.5) is 17.6 Å². The van der Waals surface area contributed by atoms with Gasteiger partial charge in [0.05, 0.1) is 12.0 Å². The van der Waals surface area contributed by atoms with Crippen LogP contribution in [0.25, 0.3) is 0 Å². The summed E-state index contributed by atoms with van der Waals surface area (Å²) < 4.78 is 48.6. The molecule has 1 aromatic rings. The number of halogens is 4. The van der Waals surface area contributed by atoms with Crippen LogP contribution in [-0.4, -0.2) is 18.6 Å². The lowest BCUT2D eigenvalue weighted by Gasteiger charge is -2.08. The van der Waals surface area contributed by atoms with Gasteiger partial charge in [-0.1, -0.05) is 0 Å². The molecule has 17 heavy (non-hydrogen) atoms. The molecular weight excluding hydrogens is 258 g/mol. The Kier molecular flexibility index (Phi) is 4.39. The summed E-state index contributed by atoms with van der Waals surface area (Å²) in [5.74, 6) is -1.69. The Bertz CT molecular complexity index is 419. The van der Waals surface area contributed by atoms with Crippen molar-refractivity contribution >= 4 is 18.5 Å². The van der Waals surface area contributed by atoms with E-state index in [2.05, 4.69) is 12.6 Å². The average Bonchev–Trinajstić information content (AvgIpc) is 2.19. The number of carbonyl (C=O) groups is 1. The van der Waals surface area contributed by atoms with Crippen molar-refractivity contribution in [3.8, 4) is 0 Å². The monoisotopic (exact) mass is 267 g/mol. The van der Waals surface area contributed by atoms with Crippen LogP contribution in [0.15, 0.2) is 23.1 Å². The molecule has 0 bridgehead atoms. The molecule has 0 fully saturated rings. The Balaban J connectivity index is 2.61. The SMILES string of the molecule is O=C(NCCC(F)(F)F)c1cc(S)ccc1F. The van der Waals surface area contributed by atoms with Crippen LogP contribution in [0.2, 0.25) is 0 Å². The maximum absolute atomic E-state index is 13.2. The molecule has 7 heteroatoms. The highest BCUT2D eigenvalue weighted by molar-refractivity contribution is 7.80. The first-order chi connectivity index (χ1) is 7.79. The summed E-state index contributed by atoms with van der Waals surface area (Å²) in [6.45, 7) is -0.585. The average molecular weight is 267 g/mol. The Morgan fingerprint density at radius 1 is 1.35 bits per heavy atom. The van der Waals surface area contributed by atoms with E-state index in [0.717, 1.165) is 12.1 Å². The molecule has 0 spiro atoms. The standard InChI is InChI=1S/C10H9F4NOS/c11-8-2-1-6(17)5-7(8)9(16)15-4-3-10(12,13)14/h1-2,5,17H,3-4H2,(H,15,16). The van der Waals surface area contributed by atoms with E-state index in [0.29, 0.717) is 4.90 Å². The molecule has 0 unspecified atom stereocenters. The molecule has 0 aliphatic rings. The first kappa shape index (κ1) is 13.8. The second-order valence-corrected chi connectivity index (χ2v) is 3.80. The highest BCUT2D eigenvalue weighted by Crippen LogP contribution is 2.18. The normalized spacial score (nSPS) is 11.4. The number of alkyl halides is 3. The van der Waals surface area contributed by atoms with Gasteiger partial charge in [0.2, 0.25) is 0 Å². The van der Waals surface area contributed by atoms with E-state index in [1.807, 2.05) is 5.32 Å². The summed E-state index contributed by atoms with van der Waals surface area (Å²) in [5, 5.41) is 1.99. The lowest BCUT2D eigenvalue weighted by Crippen LogP contribution is -2.28. The zero-order valence-corrected chi connectivity index (χ0v) is 9.41. The fourth-order valence-electron chi connectivity index (χ4n) is 1.10. The summed E-state index contributed by atoms with van der Waals surface area (Å²) in [6.07, 6.45) is -5.50. The molecule has 0 radical (unpaired) electrons. The van der Waals surface area contributed by atoms with Crippen molar-refractivity contribution in [1.82, 2.24) is 5.32 Å². The quantitative estimate of drug-likeness (QED) is 0.640. The third kappa shape index (κ3) is 4.64. The molecule has 0 aliphatic heterocycles. The van der Waals surface area contributed by atoms with E-state index in [1.54, 1.807) is 0 Å². The maximum Gasteiger partial charge on any atom is 0.390 e. The van der Waals surface area contributed by atoms with E-state index in [-0.39, 0.29) is 5.56 Å². The van der Waals surface area contributed by atoms with Gasteiger partial charge >= 0.3 is 6.18 Å². The Morgan fingerprint density at radius 3 is 2.59 bits per heavy atom. The molecule has 0 atom stereocenters. The molecule has 0 saturated heterocycles. The number of hydrogen-bond donors (Lipinski definition) is 2. The number of thiol groups is 1. The number of rotatable bonds is 3. The van der Waals surface area contributed by atoms with Gasteiger partial charge in [0, 0.05) is 11.4 Å². The molecule has 0 aromatic heterocycles. The highest BCUT2D eigenvalue weighted by atomic mass is 32.1. The minimum atomic E-state index is -4.35.